The predicted octanol–water partition coefficient (Wildman–Crippen LogP) is 4.23. The number of carbonyl (C=O) groups excluding carboxylic acids is 3. The lowest BCUT2D eigenvalue weighted by Gasteiger charge is -2.12. The summed E-state index contributed by atoms with van der Waals surface area (Å²) in [6.07, 6.45) is 1.58. The lowest BCUT2D eigenvalue weighted by Crippen LogP contribution is -2.17. The van der Waals surface area contributed by atoms with Crippen LogP contribution in [0.25, 0.3) is 6.08 Å². The van der Waals surface area contributed by atoms with Crippen molar-refractivity contribution >= 4 is 57.5 Å². The molecule has 0 radical (unpaired) electrons. The summed E-state index contributed by atoms with van der Waals surface area (Å²) in [6, 6.07) is 12.1. The SMILES string of the molecule is CCOc1cc(/C=C2\SC(=O)NC2=O)ccc1OC(=O)c1ccccc1I. The van der Waals surface area contributed by atoms with E-state index in [0.717, 1.165) is 15.3 Å². The van der Waals surface area contributed by atoms with Crippen molar-refractivity contribution < 1.29 is 23.9 Å². The van der Waals surface area contributed by atoms with Crippen LogP contribution in [-0.2, 0) is 4.79 Å². The first-order valence-electron chi connectivity index (χ1n) is 7.96. The average Bonchev–Trinajstić information content (AvgIpc) is 2.95. The Balaban J connectivity index is 1.87. The van der Waals surface area contributed by atoms with E-state index in [2.05, 4.69) is 27.9 Å². The molecule has 2 aromatic rings. The second kappa shape index (κ2) is 8.57. The number of rotatable bonds is 5. The van der Waals surface area contributed by atoms with Crippen molar-refractivity contribution in [3.8, 4) is 11.5 Å². The normalized spacial score (nSPS) is 15.0. The van der Waals surface area contributed by atoms with E-state index in [1.165, 1.54) is 0 Å². The fourth-order valence-corrected chi connectivity index (χ4v) is 3.61. The van der Waals surface area contributed by atoms with E-state index in [1.807, 2.05) is 19.1 Å². The van der Waals surface area contributed by atoms with Crippen LogP contribution in [0.4, 0.5) is 4.79 Å². The number of nitrogens with one attached hydrogen (secondary N) is 1. The molecule has 0 atom stereocenters. The Morgan fingerprint density at radius 3 is 2.63 bits per heavy atom. The molecule has 138 valence electrons. The molecule has 0 aliphatic carbocycles. The van der Waals surface area contributed by atoms with Crippen LogP contribution in [-0.4, -0.2) is 23.7 Å². The first-order valence-corrected chi connectivity index (χ1v) is 9.86. The topological polar surface area (TPSA) is 81.7 Å². The van der Waals surface area contributed by atoms with Crippen LogP contribution in [0.5, 0.6) is 11.5 Å². The lowest BCUT2D eigenvalue weighted by atomic mass is 10.1. The Bertz CT molecular complexity index is 957. The molecule has 27 heavy (non-hydrogen) atoms. The summed E-state index contributed by atoms with van der Waals surface area (Å²) >= 11 is 2.91. The zero-order valence-electron chi connectivity index (χ0n) is 14.2. The van der Waals surface area contributed by atoms with E-state index in [-0.39, 0.29) is 5.75 Å². The minimum atomic E-state index is -0.483. The second-order valence-corrected chi connectivity index (χ2v) is 7.54. The Labute approximate surface area is 173 Å². The maximum Gasteiger partial charge on any atom is 0.344 e. The van der Waals surface area contributed by atoms with Crippen molar-refractivity contribution in [2.45, 2.75) is 6.92 Å². The highest BCUT2D eigenvalue weighted by Gasteiger charge is 2.25. The van der Waals surface area contributed by atoms with Crippen LogP contribution in [0, 0.1) is 3.57 Å². The van der Waals surface area contributed by atoms with Gasteiger partial charge in [0.05, 0.1) is 17.1 Å². The Kier molecular flexibility index (Phi) is 6.17. The molecule has 1 fully saturated rings. The molecule has 2 aromatic carbocycles. The summed E-state index contributed by atoms with van der Waals surface area (Å²) in [5.41, 5.74) is 1.11. The Morgan fingerprint density at radius 2 is 1.96 bits per heavy atom. The van der Waals surface area contributed by atoms with Crippen molar-refractivity contribution in [3.63, 3.8) is 0 Å². The molecule has 1 aliphatic heterocycles. The van der Waals surface area contributed by atoms with Crippen LogP contribution >= 0.6 is 34.4 Å². The molecule has 6 nitrogen and oxygen atoms in total. The summed E-state index contributed by atoms with van der Waals surface area (Å²) in [5, 5.41) is 1.80. The molecule has 3 rings (SSSR count). The second-order valence-electron chi connectivity index (χ2n) is 5.36. The molecule has 0 bridgehead atoms. The Morgan fingerprint density at radius 1 is 1.19 bits per heavy atom. The first kappa shape index (κ1) is 19.4. The summed E-state index contributed by atoms with van der Waals surface area (Å²) in [7, 11) is 0. The van der Waals surface area contributed by atoms with Crippen LogP contribution < -0.4 is 14.8 Å². The average molecular weight is 495 g/mol. The van der Waals surface area contributed by atoms with Gasteiger partial charge in [-0.1, -0.05) is 18.2 Å². The van der Waals surface area contributed by atoms with E-state index >= 15 is 0 Å². The fourth-order valence-electron chi connectivity index (χ4n) is 2.32. The molecule has 0 unspecified atom stereocenters. The molecule has 1 saturated heterocycles. The Hall–Kier alpha value is -2.33. The summed E-state index contributed by atoms with van der Waals surface area (Å²) in [5.74, 6) is -0.260. The molecule has 1 heterocycles. The van der Waals surface area contributed by atoms with Crippen molar-refractivity contribution in [2.75, 3.05) is 6.61 Å². The number of halogens is 1. The fraction of sp³-hybridized carbons (Fsp3) is 0.105. The number of thioether (sulfide) groups is 1. The zero-order chi connectivity index (χ0) is 19.4. The van der Waals surface area contributed by atoms with Gasteiger partial charge in [-0.15, -0.1) is 0 Å². The quantitative estimate of drug-likeness (QED) is 0.290. The molecule has 1 N–H and O–H groups in total. The molecule has 1 aliphatic rings. The number of amides is 2. The van der Waals surface area contributed by atoms with Gasteiger partial charge in [0.2, 0.25) is 0 Å². The van der Waals surface area contributed by atoms with Crippen LogP contribution in [0.2, 0.25) is 0 Å². The van der Waals surface area contributed by atoms with Gasteiger partial charge in [-0.05, 0) is 77.2 Å². The number of benzene rings is 2. The number of ether oxygens (including phenoxy) is 2. The molecule has 0 saturated carbocycles. The molecule has 8 heteroatoms. The number of hydrogen-bond acceptors (Lipinski definition) is 6. The third kappa shape index (κ3) is 4.69. The number of hydrogen-bond donors (Lipinski definition) is 1. The van der Waals surface area contributed by atoms with Crippen LogP contribution in [0.1, 0.15) is 22.8 Å². The van der Waals surface area contributed by atoms with Gasteiger partial charge in [0.1, 0.15) is 0 Å². The van der Waals surface area contributed by atoms with E-state index in [1.54, 1.807) is 36.4 Å². The van der Waals surface area contributed by atoms with Gasteiger partial charge in [-0.2, -0.15) is 0 Å². The van der Waals surface area contributed by atoms with Gasteiger partial charge in [0.25, 0.3) is 11.1 Å². The molecular formula is C19H14INO5S. The summed E-state index contributed by atoms with van der Waals surface area (Å²) < 4.78 is 11.9. The highest BCUT2D eigenvalue weighted by atomic mass is 127. The highest BCUT2D eigenvalue weighted by molar-refractivity contribution is 14.1. The van der Waals surface area contributed by atoms with E-state index in [9.17, 15) is 14.4 Å². The van der Waals surface area contributed by atoms with Crippen molar-refractivity contribution in [2.24, 2.45) is 0 Å². The smallest absolute Gasteiger partial charge is 0.344 e. The predicted molar refractivity (Wildman–Crippen MR) is 111 cm³/mol. The third-order valence-corrected chi connectivity index (χ3v) is 5.26. The first-order chi connectivity index (χ1) is 13.0. The van der Waals surface area contributed by atoms with Crippen molar-refractivity contribution in [1.82, 2.24) is 5.32 Å². The molecule has 0 aromatic heterocycles. The van der Waals surface area contributed by atoms with Gasteiger partial charge in [0.15, 0.2) is 11.5 Å². The zero-order valence-corrected chi connectivity index (χ0v) is 17.1. The number of carbonyl (C=O) groups is 3. The summed E-state index contributed by atoms with van der Waals surface area (Å²) in [6.45, 7) is 2.19. The molecule has 2 amide bonds. The molecular weight excluding hydrogens is 481 g/mol. The van der Waals surface area contributed by atoms with Gasteiger partial charge >= 0.3 is 5.97 Å². The van der Waals surface area contributed by atoms with Crippen LogP contribution in [0.15, 0.2) is 47.4 Å². The monoisotopic (exact) mass is 495 g/mol. The van der Waals surface area contributed by atoms with Crippen molar-refractivity contribution in [3.05, 3.63) is 62.1 Å². The van der Waals surface area contributed by atoms with Crippen molar-refractivity contribution in [1.29, 1.82) is 0 Å². The maximum atomic E-state index is 12.4. The van der Waals surface area contributed by atoms with Gasteiger partial charge in [-0.25, -0.2) is 4.79 Å². The third-order valence-electron chi connectivity index (χ3n) is 3.50. The minimum Gasteiger partial charge on any atom is -0.490 e. The lowest BCUT2D eigenvalue weighted by molar-refractivity contribution is -0.115. The van der Waals surface area contributed by atoms with E-state index in [0.29, 0.717) is 28.4 Å². The van der Waals surface area contributed by atoms with Gasteiger partial charge in [-0.3, -0.25) is 14.9 Å². The largest absolute Gasteiger partial charge is 0.490 e. The number of esters is 1. The minimum absolute atomic E-state index is 0.281. The van der Waals surface area contributed by atoms with Gasteiger partial charge in [0, 0.05) is 3.57 Å². The maximum absolute atomic E-state index is 12.4. The molecule has 0 spiro atoms. The van der Waals surface area contributed by atoms with E-state index < -0.39 is 17.1 Å². The summed E-state index contributed by atoms with van der Waals surface area (Å²) in [4.78, 5) is 35.7. The highest BCUT2D eigenvalue weighted by Crippen LogP contribution is 2.32. The standard InChI is InChI=1S/C19H14INO5S/c1-2-25-15-9-11(10-16-17(22)21-19(24)27-16)7-8-14(15)26-18(23)12-5-3-4-6-13(12)20/h3-10H,2H2,1H3,(H,21,22,24)/b16-10-. The van der Waals surface area contributed by atoms with Gasteiger partial charge < -0.3 is 9.47 Å². The van der Waals surface area contributed by atoms with Crippen LogP contribution in [0.3, 0.4) is 0 Å². The van der Waals surface area contributed by atoms with E-state index in [4.69, 9.17) is 9.47 Å². The number of imide groups is 1.